The second-order valence-electron chi connectivity index (χ2n) is 5.49. The maximum Gasteiger partial charge on any atom is 0.0423 e. The maximum absolute atomic E-state index is 3.62. The van der Waals surface area contributed by atoms with E-state index in [0.29, 0.717) is 0 Å². The van der Waals surface area contributed by atoms with Gasteiger partial charge in [-0.1, -0.05) is 22.0 Å². The van der Waals surface area contributed by atoms with Gasteiger partial charge in [0.2, 0.25) is 0 Å². The molecule has 0 aliphatic carbocycles. The summed E-state index contributed by atoms with van der Waals surface area (Å²) in [5.74, 6) is 0. The molecule has 2 heterocycles. The van der Waals surface area contributed by atoms with Gasteiger partial charge in [-0.3, -0.25) is 4.90 Å². The Bertz CT molecular complexity index is 423. The number of anilines is 1. The van der Waals surface area contributed by atoms with Crippen LogP contribution in [0.2, 0.25) is 0 Å². The van der Waals surface area contributed by atoms with Gasteiger partial charge in [0.05, 0.1) is 0 Å². The van der Waals surface area contributed by atoms with Crippen LogP contribution in [0.4, 0.5) is 5.69 Å². The first kappa shape index (κ1) is 13.4. The van der Waals surface area contributed by atoms with E-state index in [9.17, 15) is 0 Å². The molecule has 0 bridgehead atoms. The second-order valence-corrected chi connectivity index (χ2v) is 6.41. The molecule has 0 spiro atoms. The predicted molar refractivity (Wildman–Crippen MR) is 83.7 cm³/mol. The zero-order valence-corrected chi connectivity index (χ0v) is 13.0. The summed E-state index contributed by atoms with van der Waals surface area (Å²) in [7, 11) is 0. The number of nitrogens with zero attached hydrogens (tertiary/aromatic N) is 2. The molecule has 1 aromatic carbocycles. The second kappa shape index (κ2) is 6.25. The Kier molecular flexibility index (Phi) is 4.41. The lowest BCUT2D eigenvalue weighted by molar-refractivity contribution is 0.233. The fraction of sp³-hybridized carbons (Fsp3) is 0.600. The van der Waals surface area contributed by atoms with Crippen LogP contribution in [0, 0.1) is 0 Å². The van der Waals surface area contributed by atoms with Crippen molar-refractivity contribution >= 4 is 21.6 Å². The molecular weight excluding hydrogens is 302 g/mol. The maximum atomic E-state index is 3.62. The standard InChI is InChI=1S/C15H22BrN3/c16-14-4-3-13(12-18-9-5-17-6-10-18)15(11-14)19-7-1-2-8-19/h3-4,11,17H,1-2,5-10,12H2. The first-order chi connectivity index (χ1) is 9.33. The van der Waals surface area contributed by atoms with Gasteiger partial charge in [0.15, 0.2) is 0 Å². The normalized spacial score (nSPS) is 21.0. The van der Waals surface area contributed by atoms with Crippen molar-refractivity contribution in [3.63, 3.8) is 0 Å². The lowest BCUT2D eigenvalue weighted by Crippen LogP contribution is -2.43. The van der Waals surface area contributed by atoms with Crippen molar-refractivity contribution in [3.05, 3.63) is 28.2 Å². The number of halogens is 1. The molecule has 2 fully saturated rings. The van der Waals surface area contributed by atoms with Gasteiger partial charge in [-0.2, -0.15) is 0 Å². The van der Waals surface area contributed by atoms with Gasteiger partial charge in [-0.05, 0) is 30.5 Å². The monoisotopic (exact) mass is 323 g/mol. The third kappa shape index (κ3) is 3.30. The topological polar surface area (TPSA) is 18.5 Å². The van der Waals surface area contributed by atoms with Gasteiger partial charge >= 0.3 is 0 Å². The molecule has 3 rings (SSSR count). The molecule has 0 radical (unpaired) electrons. The van der Waals surface area contributed by atoms with Gasteiger partial charge in [-0.15, -0.1) is 0 Å². The summed E-state index contributed by atoms with van der Waals surface area (Å²) in [6, 6.07) is 6.76. The van der Waals surface area contributed by atoms with Crippen LogP contribution in [0.5, 0.6) is 0 Å². The Morgan fingerprint density at radius 2 is 1.79 bits per heavy atom. The fourth-order valence-corrected chi connectivity index (χ4v) is 3.38. The minimum absolute atomic E-state index is 1.08. The lowest BCUT2D eigenvalue weighted by Gasteiger charge is -2.29. The summed E-state index contributed by atoms with van der Waals surface area (Å²) >= 11 is 3.62. The highest BCUT2D eigenvalue weighted by molar-refractivity contribution is 9.10. The SMILES string of the molecule is Brc1ccc(CN2CCNCC2)c(N2CCCC2)c1. The van der Waals surface area contributed by atoms with E-state index < -0.39 is 0 Å². The summed E-state index contributed by atoms with van der Waals surface area (Å²) < 4.78 is 1.19. The zero-order valence-electron chi connectivity index (χ0n) is 11.4. The van der Waals surface area contributed by atoms with E-state index >= 15 is 0 Å². The first-order valence-electron chi connectivity index (χ1n) is 7.29. The summed E-state index contributed by atoms with van der Waals surface area (Å²) in [5, 5.41) is 3.42. The van der Waals surface area contributed by atoms with Crippen LogP contribution in [-0.2, 0) is 6.54 Å². The van der Waals surface area contributed by atoms with E-state index in [-0.39, 0.29) is 0 Å². The minimum Gasteiger partial charge on any atom is -0.371 e. The largest absolute Gasteiger partial charge is 0.371 e. The van der Waals surface area contributed by atoms with Crippen LogP contribution in [0.1, 0.15) is 18.4 Å². The Hall–Kier alpha value is -0.580. The lowest BCUT2D eigenvalue weighted by atomic mass is 10.1. The fourth-order valence-electron chi connectivity index (χ4n) is 3.03. The van der Waals surface area contributed by atoms with Gasteiger partial charge < -0.3 is 10.2 Å². The van der Waals surface area contributed by atoms with Crippen molar-refractivity contribution in [2.45, 2.75) is 19.4 Å². The molecule has 0 unspecified atom stereocenters. The van der Waals surface area contributed by atoms with Crippen LogP contribution < -0.4 is 10.2 Å². The van der Waals surface area contributed by atoms with Crippen molar-refractivity contribution in [2.75, 3.05) is 44.2 Å². The van der Waals surface area contributed by atoms with E-state index in [1.54, 1.807) is 0 Å². The Morgan fingerprint density at radius 1 is 1.05 bits per heavy atom. The third-order valence-electron chi connectivity index (χ3n) is 4.10. The van der Waals surface area contributed by atoms with Crippen LogP contribution in [0.3, 0.4) is 0 Å². The number of rotatable bonds is 3. The average molecular weight is 324 g/mol. The Balaban J connectivity index is 1.78. The van der Waals surface area contributed by atoms with E-state index in [1.165, 1.54) is 41.7 Å². The van der Waals surface area contributed by atoms with E-state index in [4.69, 9.17) is 0 Å². The highest BCUT2D eigenvalue weighted by Gasteiger charge is 2.18. The molecule has 0 aromatic heterocycles. The van der Waals surface area contributed by atoms with Crippen molar-refractivity contribution in [2.24, 2.45) is 0 Å². The van der Waals surface area contributed by atoms with E-state index in [2.05, 4.69) is 49.2 Å². The molecular formula is C15H22BrN3. The van der Waals surface area contributed by atoms with E-state index in [1.807, 2.05) is 0 Å². The van der Waals surface area contributed by atoms with E-state index in [0.717, 1.165) is 32.7 Å². The van der Waals surface area contributed by atoms with Crippen molar-refractivity contribution in [1.29, 1.82) is 0 Å². The van der Waals surface area contributed by atoms with Crippen LogP contribution in [0.15, 0.2) is 22.7 Å². The number of nitrogens with one attached hydrogen (secondary N) is 1. The molecule has 4 heteroatoms. The third-order valence-corrected chi connectivity index (χ3v) is 4.59. The van der Waals surface area contributed by atoms with Gasteiger partial charge in [0.25, 0.3) is 0 Å². The number of hydrogen-bond acceptors (Lipinski definition) is 3. The Labute approximate surface area is 124 Å². The van der Waals surface area contributed by atoms with Gasteiger partial charge in [-0.25, -0.2) is 0 Å². The molecule has 1 aromatic rings. The number of benzene rings is 1. The van der Waals surface area contributed by atoms with Crippen LogP contribution in [0.25, 0.3) is 0 Å². The van der Waals surface area contributed by atoms with Crippen LogP contribution in [-0.4, -0.2) is 44.2 Å². The van der Waals surface area contributed by atoms with Crippen LogP contribution >= 0.6 is 15.9 Å². The average Bonchev–Trinajstić information content (AvgIpc) is 2.96. The zero-order chi connectivity index (χ0) is 13.1. The summed E-state index contributed by atoms with van der Waals surface area (Å²) in [6.45, 7) is 8.08. The van der Waals surface area contributed by atoms with Gasteiger partial charge in [0.1, 0.15) is 0 Å². The number of hydrogen-bond donors (Lipinski definition) is 1. The smallest absolute Gasteiger partial charge is 0.0423 e. The number of piperazine rings is 1. The molecule has 3 nitrogen and oxygen atoms in total. The summed E-state index contributed by atoms with van der Waals surface area (Å²) in [5.41, 5.74) is 2.91. The van der Waals surface area contributed by atoms with Crippen molar-refractivity contribution in [1.82, 2.24) is 10.2 Å². The molecule has 2 aliphatic heterocycles. The molecule has 104 valence electrons. The highest BCUT2D eigenvalue weighted by Crippen LogP contribution is 2.29. The minimum atomic E-state index is 1.08. The highest BCUT2D eigenvalue weighted by atomic mass is 79.9. The molecule has 0 amide bonds. The molecule has 1 N–H and O–H groups in total. The molecule has 0 saturated carbocycles. The molecule has 2 aliphatic rings. The quantitative estimate of drug-likeness (QED) is 0.921. The molecule has 0 atom stereocenters. The Morgan fingerprint density at radius 3 is 2.53 bits per heavy atom. The van der Waals surface area contributed by atoms with Crippen molar-refractivity contribution < 1.29 is 0 Å². The first-order valence-corrected chi connectivity index (χ1v) is 8.09. The van der Waals surface area contributed by atoms with Gasteiger partial charge in [0, 0.05) is 56.0 Å². The van der Waals surface area contributed by atoms with Crippen molar-refractivity contribution in [3.8, 4) is 0 Å². The predicted octanol–water partition coefficient (Wildman–Crippen LogP) is 2.45. The summed E-state index contributed by atoms with van der Waals surface area (Å²) in [6.07, 6.45) is 2.67. The molecule has 19 heavy (non-hydrogen) atoms. The molecule has 2 saturated heterocycles. The summed E-state index contributed by atoms with van der Waals surface area (Å²) in [4.78, 5) is 5.10.